The summed E-state index contributed by atoms with van der Waals surface area (Å²) in [5, 5.41) is 0. The average Bonchev–Trinajstić information content (AvgIpc) is 2.59. The summed E-state index contributed by atoms with van der Waals surface area (Å²) in [6, 6.07) is 7.52. The Morgan fingerprint density at radius 1 is 1.30 bits per heavy atom. The summed E-state index contributed by atoms with van der Waals surface area (Å²) in [6.07, 6.45) is 4.29. The fourth-order valence-corrected chi connectivity index (χ4v) is 2.09. The van der Waals surface area contributed by atoms with Crippen molar-refractivity contribution in [2.75, 3.05) is 20.8 Å². The molecule has 1 rings (SSSR count). The lowest BCUT2D eigenvalue weighted by Crippen LogP contribution is -2.38. The smallest absolute Gasteiger partial charge is 0.307 e. The molecule has 126 valence electrons. The van der Waals surface area contributed by atoms with Gasteiger partial charge in [-0.2, -0.15) is 0 Å². The summed E-state index contributed by atoms with van der Waals surface area (Å²) in [6.45, 7) is 4.33. The number of rotatable bonds is 8. The Balaban J connectivity index is 2.78. The standard InChI is InChI=1S/C18H25NO4/c1-5-14(2)19(12-11-18(21)23-4)17(20)10-9-15-7-6-8-16(13-15)22-3/h6-10,13-14H,5,11-12H2,1-4H3/b10-9+. The minimum absolute atomic E-state index is 0.0575. The number of amides is 1. The maximum atomic E-state index is 12.4. The molecule has 0 saturated carbocycles. The summed E-state index contributed by atoms with van der Waals surface area (Å²) < 4.78 is 9.80. The van der Waals surface area contributed by atoms with Crippen LogP contribution in [0.2, 0.25) is 0 Å². The number of hydrogen-bond donors (Lipinski definition) is 0. The van der Waals surface area contributed by atoms with Crippen LogP contribution < -0.4 is 4.74 Å². The van der Waals surface area contributed by atoms with Crippen LogP contribution in [0.1, 0.15) is 32.3 Å². The summed E-state index contributed by atoms with van der Waals surface area (Å²) in [5.41, 5.74) is 0.884. The molecule has 0 aliphatic carbocycles. The first-order valence-corrected chi connectivity index (χ1v) is 7.71. The average molecular weight is 319 g/mol. The van der Waals surface area contributed by atoms with E-state index in [0.717, 1.165) is 17.7 Å². The molecule has 1 aromatic rings. The molecular formula is C18H25NO4. The van der Waals surface area contributed by atoms with Gasteiger partial charge < -0.3 is 14.4 Å². The molecule has 1 aromatic carbocycles. The number of carbonyl (C=O) groups is 2. The third kappa shape index (κ3) is 6.14. The van der Waals surface area contributed by atoms with Crippen molar-refractivity contribution in [3.05, 3.63) is 35.9 Å². The molecule has 0 fully saturated rings. The van der Waals surface area contributed by atoms with Gasteiger partial charge in [-0.3, -0.25) is 9.59 Å². The molecule has 0 bridgehead atoms. The summed E-state index contributed by atoms with van der Waals surface area (Å²) in [5.74, 6) is 0.304. The Kier molecular flexibility index (Phi) is 7.88. The lowest BCUT2D eigenvalue weighted by molar-refractivity contribution is -0.141. The van der Waals surface area contributed by atoms with Crippen molar-refractivity contribution in [3.8, 4) is 5.75 Å². The fourth-order valence-electron chi connectivity index (χ4n) is 2.09. The molecule has 23 heavy (non-hydrogen) atoms. The molecule has 0 aliphatic heterocycles. The first kappa shape index (κ1) is 18.7. The molecule has 1 amide bonds. The van der Waals surface area contributed by atoms with Crippen molar-refractivity contribution in [1.29, 1.82) is 0 Å². The van der Waals surface area contributed by atoms with Crippen LogP contribution in [0.5, 0.6) is 5.75 Å². The van der Waals surface area contributed by atoms with Crippen LogP contribution in [0.15, 0.2) is 30.3 Å². The van der Waals surface area contributed by atoms with Crippen molar-refractivity contribution in [3.63, 3.8) is 0 Å². The molecule has 0 radical (unpaired) electrons. The van der Waals surface area contributed by atoms with Gasteiger partial charge in [0.25, 0.3) is 0 Å². The lowest BCUT2D eigenvalue weighted by atomic mass is 10.1. The van der Waals surface area contributed by atoms with Gasteiger partial charge in [0, 0.05) is 18.7 Å². The Morgan fingerprint density at radius 2 is 2.04 bits per heavy atom. The molecule has 0 N–H and O–H groups in total. The highest BCUT2D eigenvalue weighted by Crippen LogP contribution is 2.14. The first-order valence-electron chi connectivity index (χ1n) is 7.71. The summed E-state index contributed by atoms with van der Waals surface area (Å²) >= 11 is 0. The molecule has 1 unspecified atom stereocenters. The summed E-state index contributed by atoms with van der Waals surface area (Å²) in [4.78, 5) is 25.4. The molecule has 0 aliphatic rings. The zero-order valence-electron chi connectivity index (χ0n) is 14.2. The van der Waals surface area contributed by atoms with E-state index in [1.165, 1.54) is 13.2 Å². The topological polar surface area (TPSA) is 55.8 Å². The second-order valence-electron chi connectivity index (χ2n) is 5.22. The highest BCUT2D eigenvalue weighted by Gasteiger charge is 2.18. The van der Waals surface area contributed by atoms with E-state index in [0.29, 0.717) is 6.54 Å². The number of ether oxygens (including phenoxy) is 2. The number of hydrogen-bond acceptors (Lipinski definition) is 4. The predicted molar refractivity (Wildman–Crippen MR) is 90.1 cm³/mol. The van der Waals surface area contributed by atoms with Crippen molar-refractivity contribution in [2.45, 2.75) is 32.7 Å². The maximum absolute atomic E-state index is 12.4. The minimum atomic E-state index is -0.317. The van der Waals surface area contributed by atoms with Gasteiger partial charge in [0.05, 0.1) is 20.6 Å². The molecule has 0 spiro atoms. The largest absolute Gasteiger partial charge is 0.497 e. The highest BCUT2D eigenvalue weighted by atomic mass is 16.5. The lowest BCUT2D eigenvalue weighted by Gasteiger charge is -2.27. The fraction of sp³-hybridized carbons (Fsp3) is 0.444. The normalized spacial score (nSPS) is 12.0. The van der Waals surface area contributed by atoms with Gasteiger partial charge in [-0.15, -0.1) is 0 Å². The monoisotopic (exact) mass is 319 g/mol. The SMILES string of the molecule is CCC(C)N(CCC(=O)OC)C(=O)/C=C/c1cccc(OC)c1. The van der Waals surface area contributed by atoms with Gasteiger partial charge in [0.2, 0.25) is 5.91 Å². The number of carbonyl (C=O) groups excluding carboxylic acids is 2. The van der Waals surface area contributed by atoms with Crippen LogP contribution in [0.3, 0.4) is 0 Å². The van der Waals surface area contributed by atoms with E-state index < -0.39 is 0 Å². The molecule has 5 nitrogen and oxygen atoms in total. The van der Waals surface area contributed by atoms with Gasteiger partial charge in [0.1, 0.15) is 5.75 Å². The number of benzene rings is 1. The van der Waals surface area contributed by atoms with Crippen LogP contribution in [0.4, 0.5) is 0 Å². The van der Waals surface area contributed by atoms with Crippen LogP contribution in [0, 0.1) is 0 Å². The second kappa shape index (κ2) is 9.66. The predicted octanol–water partition coefficient (Wildman–Crippen LogP) is 2.90. The van der Waals surface area contributed by atoms with Gasteiger partial charge in [0.15, 0.2) is 0 Å². The van der Waals surface area contributed by atoms with E-state index in [4.69, 9.17) is 4.74 Å². The zero-order chi connectivity index (χ0) is 17.2. The van der Waals surface area contributed by atoms with Crippen molar-refractivity contribution in [2.24, 2.45) is 0 Å². The molecule has 0 aromatic heterocycles. The third-order valence-corrected chi connectivity index (χ3v) is 3.70. The Labute approximate surface area is 137 Å². The van der Waals surface area contributed by atoms with Crippen molar-refractivity contribution >= 4 is 18.0 Å². The van der Waals surface area contributed by atoms with E-state index in [1.54, 1.807) is 18.1 Å². The van der Waals surface area contributed by atoms with Crippen LogP contribution in [-0.4, -0.2) is 43.6 Å². The van der Waals surface area contributed by atoms with E-state index in [-0.39, 0.29) is 24.3 Å². The van der Waals surface area contributed by atoms with Crippen LogP contribution in [0.25, 0.3) is 6.08 Å². The number of esters is 1. The zero-order valence-corrected chi connectivity index (χ0v) is 14.2. The van der Waals surface area contributed by atoms with Gasteiger partial charge in [-0.05, 0) is 37.1 Å². The summed E-state index contributed by atoms with van der Waals surface area (Å²) in [7, 11) is 2.95. The minimum Gasteiger partial charge on any atom is -0.497 e. The Bertz CT molecular complexity index is 554. The maximum Gasteiger partial charge on any atom is 0.307 e. The van der Waals surface area contributed by atoms with Crippen LogP contribution in [-0.2, 0) is 14.3 Å². The molecule has 5 heteroatoms. The third-order valence-electron chi connectivity index (χ3n) is 3.70. The molecule has 0 saturated heterocycles. The quantitative estimate of drug-likeness (QED) is 0.546. The van der Waals surface area contributed by atoms with E-state index in [9.17, 15) is 9.59 Å². The van der Waals surface area contributed by atoms with E-state index in [1.807, 2.05) is 38.1 Å². The first-order chi connectivity index (χ1) is 11.0. The van der Waals surface area contributed by atoms with Gasteiger partial charge in [-0.1, -0.05) is 19.1 Å². The molecule has 1 atom stereocenters. The Morgan fingerprint density at radius 3 is 2.65 bits per heavy atom. The van der Waals surface area contributed by atoms with Crippen LogP contribution >= 0.6 is 0 Å². The molecule has 0 heterocycles. The second-order valence-corrected chi connectivity index (χ2v) is 5.22. The van der Waals surface area contributed by atoms with Crippen molar-refractivity contribution in [1.82, 2.24) is 4.90 Å². The van der Waals surface area contributed by atoms with Crippen molar-refractivity contribution < 1.29 is 19.1 Å². The van der Waals surface area contributed by atoms with E-state index >= 15 is 0 Å². The highest BCUT2D eigenvalue weighted by molar-refractivity contribution is 5.92. The van der Waals surface area contributed by atoms with Gasteiger partial charge in [-0.25, -0.2) is 0 Å². The Hall–Kier alpha value is -2.30. The van der Waals surface area contributed by atoms with E-state index in [2.05, 4.69) is 4.74 Å². The number of nitrogens with zero attached hydrogens (tertiary/aromatic N) is 1. The number of methoxy groups -OCH3 is 2. The molecular weight excluding hydrogens is 294 g/mol. The van der Waals surface area contributed by atoms with Gasteiger partial charge >= 0.3 is 5.97 Å².